The van der Waals surface area contributed by atoms with Crippen molar-refractivity contribution in [3.8, 4) is 0 Å². The van der Waals surface area contributed by atoms with E-state index in [1.165, 1.54) is 0 Å². The van der Waals surface area contributed by atoms with E-state index in [0.717, 1.165) is 0 Å². The Morgan fingerprint density at radius 2 is 0.636 bits per heavy atom. The molecule has 0 N–H and O–H groups in total. The summed E-state index contributed by atoms with van der Waals surface area (Å²) in [6.07, 6.45) is 0. The molecule has 0 aromatic heterocycles. The summed E-state index contributed by atoms with van der Waals surface area (Å²) in [5.41, 5.74) is 0. The first kappa shape index (κ1) is 22.5. The van der Waals surface area contributed by atoms with Crippen molar-refractivity contribution in [1.82, 2.24) is 0 Å². The van der Waals surface area contributed by atoms with Crippen molar-refractivity contribution in [3.05, 3.63) is 51.3 Å². The number of rotatable bonds is 0. The molecule has 0 unspecified atom stereocenters. The molecule has 0 aliphatic heterocycles. The minimum atomic E-state index is 0. The van der Waals surface area contributed by atoms with E-state index in [1.54, 1.807) is 0 Å². The first-order valence-corrected chi connectivity index (χ1v) is 3.00. The van der Waals surface area contributed by atoms with Gasteiger partial charge in [-0.2, -0.15) is 0 Å². The Balaban J connectivity index is -0.0000000459. The van der Waals surface area contributed by atoms with Gasteiger partial charge in [-0.3, -0.25) is 0 Å². The minimum absolute atomic E-state index is 0. The number of hydrogen-bond donors (Lipinski definition) is 0. The van der Waals surface area contributed by atoms with Crippen molar-refractivity contribution in [1.29, 1.82) is 0 Å². The average Bonchev–Trinajstić information content (AvgIpc) is 1.96. The van der Waals surface area contributed by atoms with Crippen LogP contribution in [0.15, 0.2) is 36.4 Å². The van der Waals surface area contributed by atoms with Crippen molar-refractivity contribution in [2.75, 3.05) is 0 Å². The Kier molecular flexibility index (Phi) is 45.9. The second kappa shape index (κ2) is 22.4. The predicted octanol–water partition coefficient (Wildman–Crippen LogP) is 3.61. The average molecular weight is 227 g/mol. The van der Waals surface area contributed by atoms with Gasteiger partial charge in [0.05, 0.1) is 0 Å². The molecular weight excluding hydrogens is 209 g/mol. The molecule has 63 valence electrons. The summed E-state index contributed by atoms with van der Waals surface area (Å²) < 4.78 is 0. The van der Waals surface area contributed by atoms with Gasteiger partial charge in [-0.25, -0.2) is 0 Å². The molecule has 11 heavy (non-hydrogen) atoms. The smallest absolute Gasteiger partial charge is 0 e. The van der Waals surface area contributed by atoms with E-state index in [0.29, 0.717) is 0 Å². The molecule has 0 saturated carbocycles. The van der Waals surface area contributed by atoms with Crippen LogP contribution in [0.25, 0.3) is 0 Å². The molecule has 1 radical (unpaired) electrons. The third-order valence-corrected chi connectivity index (χ3v) is 0.667. The quantitative estimate of drug-likeness (QED) is 0.594. The van der Waals surface area contributed by atoms with Crippen LogP contribution in [0.2, 0.25) is 0 Å². The Labute approximate surface area is 97.3 Å². The van der Waals surface area contributed by atoms with Crippen LogP contribution in [0.5, 0.6) is 0 Å². The van der Waals surface area contributed by atoms with E-state index in [9.17, 15) is 0 Å². The molecule has 0 atom stereocenters. The third kappa shape index (κ3) is 17.9. The van der Waals surface area contributed by atoms with Gasteiger partial charge in [-0.05, 0) is 0 Å². The van der Waals surface area contributed by atoms with Gasteiger partial charge >= 0.3 is 0 Å². The maximum absolute atomic E-state index is 2.00. The van der Waals surface area contributed by atoms with Crippen LogP contribution in [0.4, 0.5) is 0 Å². The Morgan fingerprint density at radius 1 is 0.545 bits per heavy atom. The molecule has 0 fully saturated rings. The van der Waals surface area contributed by atoms with Gasteiger partial charge in [-0.1, -0.05) is 50.2 Å². The van der Waals surface area contributed by atoms with Crippen molar-refractivity contribution in [2.24, 2.45) is 0 Å². The zero-order valence-electron chi connectivity index (χ0n) is 8.04. The molecule has 0 nitrogen and oxygen atoms in total. The SMILES string of the molecule is CC.[CH3-].[CH3-].[Y].c1ccccc1. The molecule has 0 aliphatic rings. The summed E-state index contributed by atoms with van der Waals surface area (Å²) in [5.74, 6) is 0. The molecule has 0 bridgehead atoms. The maximum Gasteiger partial charge on any atom is 0 e. The van der Waals surface area contributed by atoms with Crippen LogP contribution in [0.1, 0.15) is 13.8 Å². The van der Waals surface area contributed by atoms with Crippen molar-refractivity contribution in [3.63, 3.8) is 0 Å². The zero-order chi connectivity index (χ0) is 6.24. The number of benzene rings is 1. The fourth-order valence-electron chi connectivity index (χ4n) is 0.385. The normalized spacial score (nSPS) is 4.91. The van der Waals surface area contributed by atoms with Crippen LogP contribution >= 0.6 is 0 Å². The van der Waals surface area contributed by atoms with E-state index in [2.05, 4.69) is 0 Å². The third-order valence-electron chi connectivity index (χ3n) is 0.667. The monoisotopic (exact) mass is 227 g/mol. The van der Waals surface area contributed by atoms with Crippen molar-refractivity contribution < 1.29 is 32.7 Å². The van der Waals surface area contributed by atoms with Crippen molar-refractivity contribution in [2.45, 2.75) is 13.8 Å². The van der Waals surface area contributed by atoms with Crippen molar-refractivity contribution >= 4 is 0 Å². The van der Waals surface area contributed by atoms with E-state index < -0.39 is 0 Å². The molecule has 0 heterocycles. The van der Waals surface area contributed by atoms with Crippen LogP contribution in [-0.4, -0.2) is 0 Å². The predicted molar refractivity (Wildman–Crippen MR) is 50.6 cm³/mol. The Morgan fingerprint density at radius 3 is 0.727 bits per heavy atom. The second-order valence-corrected chi connectivity index (χ2v) is 1.15. The second-order valence-electron chi connectivity index (χ2n) is 1.15. The van der Waals surface area contributed by atoms with Gasteiger partial charge in [0.2, 0.25) is 0 Å². The molecule has 0 aliphatic carbocycles. The Bertz CT molecular complexity index is 76.8. The summed E-state index contributed by atoms with van der Waals surface area (Å²) in [6.45, 7) is 4.00. The topological polar surface area (TPSA) is 0 Å². The van der Waals surface area contributed by atoms with Gasteiger partial charge in [0, 0.05) is 32.7 Å². The van der Waals surface area contributed by atoms with Crippen LogP contribution in [-0.2, 0) is 32.7 Å². The summed E-state index contributed by atoms with van der Waals surface area (Å²) >= 11 is 0. The van der Waals surface area contributed by atoms with E-state index >= 15 is 0 Å². The van der Waals surface area contributed by atoms with E-state index in [1.807, 2.05) is 50.2 Å². The molecular formula is C10H18Y-2. The molecule has 1 aromatic carbocycles. The van der Waals surface area contributed by atoms with Crippen LogP contribution in [0, 0.1) is 14.9 Å². The molecule has 1 heteroatoms. The molecule has 1 aromatic rings. The van der Waals surface area contributed by atoms with Crippen LogP contribution in [0.3, 0.4) is 0 Å². The number of hydrogen-bond acceptors (Lipinski definition) is 0. The first-order chi connectivity index (χ1) is 4.00. The fourth-order valence-corrected chi connectivity index (χ4v) is 0.385. The van der Waals surface area contributed by atoms with Gasteiger partial charge < -0.3 is 14.9 Å². The van der Waals surface area contributed by atoms with Gasteiger partial charge in [-0.15, -0.1) is 0 Å². The van der Waals surface area contributed by atoms with E-state index in [4.69, 9.17) is 0 Å². The summed E-state index contributed by atoms with van der Waals surface area (Å²) in [6, 6.07) is 12.0. The molecule has 0 saturated heterocycles. The summed E-state index contributed by atoms with van der Waals surface area (Å²) in [5, 5.41) is 0. The van der Waals surface area contributed by atoms with Gasteiger partial charge in [0.25, 0.3) is 0 Å². The molecule has 1 rings (SSSR count). The maximum atomic E-state index is 2.00. The largest absolute Gasteiger partial charge is 0.358 e. The fraction of sp³-hybridized carbons (Fsp3) is 0.200. The standard InChI is InChI=1S/C6H6.C2H6.2CH3.Y/c1-2-4-6-5-3-1;1-2;;;/h1-6H;1-2H3;2*1H3;/q;;2*-1;. The summed E-state index contributed by atoms with van der Waals surface area (Å²) in [4.78, 5) is 0. The first-order valence-electron chi connectivity index (χ1n) is 3.00. The van der Waals surface area contributed by atoms with E-state index in [-0.39, 0.29) is 47.6 Å². The summed E-state index contributed by atoms with van der Waals surface area (Å²) in [7, 11) is 0. The Hall–Kier alpha value is 0.324. The minimum Gasteiger partial charge on any atom is -0.358 e. The molecule has 0 amide bonds. The van der Waals surface area contributed by atoms with Gasteiger partial charge in [0.1, 0.15) is 0 Å². The zero-order valence-corrected chi connectivity index (χ0v) is 10.9. The molecule has 0 spiro atoms. The van der Waals surface area contributed by atoms with Crippen LogP contribution < -0.4 is 0 Å². The van der Waals surface area contributed by atoms with Gasteiger partial charge in [0.15, 0.2) is 0 Å².